The summed E-state index contributed by atoms with van der Waals surface area (Å²) in [6.07, 6.45) is 0. The highest BCUT2D eigenvalue weighted by Gasteiger charge is 2.23. The molecule has 0 aliphatic heterocycles. The predicted molar refractivity (Wildman–Crippen MR) is 66.4 cm³/mol. The van der Waals surface area contributed by atoms with E-state index in [2.05, 4.69) is 5.32 Å². The molecule has 0 aliphatic rings. The van der Waals surface area contributed by atoms with Gasteiger partial charge in [-0.3, -0.25) is 9.59 Å². The summed E-state index contributed by atoms with van der Waals surface area (Å²) >= 11 is 0. The molecule has 0 aliphatic carbocycles. The lowest BCUT2D eigenvalue weighted by atomic mass is 9.96. The molecular weight excluding hydrogens is 253 g/mol. The lowest BCUT2D eigenvalue weighted by Gasteiger charge is -2.17. The van der Waals surface area contributed by atoms with E-state index in [9.17, 15) is 19.1 Å². The Bertz CT molecular complexity index is 467. The molecule has 0 aromatic heterocycles. The molecule has 3 N–H and O–H groups in total. The monoisotopic (exact) mass is 269 g/mol. The van der Waals surface area contributed by atoms with Crippen molar-refractivity contribution in [1.29, 1.82) is 0 Å². The van der Waals surface area contributed by atoms with Crippen LogP contribution in [-0.2, 0) is 4.79 Å². The van der Waals surface area contributed by atoms with Gasteiger partial charge in [-0.15, -0.1) is 0 Å². The number of carboxylic acid groups (broad SMARTS) is 1. The fourth-order valence-corrected chi connectivity index (χ4v) is 1.64. The number of phenols is 1. The lowest BCUT2D eigenvalue weighted by molar-refractivity contribution is -0.142. The van der Waals surface area contributed by atoms with E-state index in [-0.39, 0.29) is 12.5 Å². The van der Waals surface area contributed by atoms with Gasteiger partial charge in [0.1, 0.15) is 17.1 Å². The molecule has 0 bridgehead atoms. The number of nitrogens with one attached hydrogen (secondary N) is 1. The van der Waals surface area contributed by atoms with Gasteiger partial charge in [0.15, 0.2) is 0 Å². The molecule has 0 saturated carbocycles. The first-order valence-corrected chi connectivity index (χ1v) is 5.83. The van der Waals surface area contributed by atoms with Crippen LogP contribution in [0.5, 0.6) is 5.75 Å². The molecule has 1 unspecified atom stereocenters. The molecule has 19 heavy (non-hydrogen) atoms. The Balaban J connectivity index is 2.78. The maximum absolute atomic E-state index is 13.4. The SMILES string of the molecule is CC(C)C(CNC(=O)c1c(O)cccc1F)C(=O)O. The number of phenolic OH excluding ortho intramolecular Hbond substituents is 1. The highest BCUT2D eigenvalue weighted by Crippen LogP contribution is 2.19. The smallest absolute Gasteiger partial charge is 0.308 e. The van der Waals surface area contributed by atoms with Crippen LogP contribution in [0.25, 0.3) is 0 Å². The number of amides is 1. The molecule has 5 nitrogen and oxygen atoms in total. The second kappa shape index (κ2) is 6.17. The standard InChI is InChI=1S/C13H16FNO4/c1-7(2)8(13(18)19)6-15-12(17)11-9(14)4-3-5-10(11)16/h3-5,7-8,16H,6H2,1-2H3,(H,15,17)(H,18,19). The summed E-state index contributed by atoms with van der Waals surface area (Å²) in [6.45, 7) is 3.30. The van der Waals surface area contributed by atoms with Crippen molar-refractivity contribution >= 4 is 11.9 Å². The minimum absolute atomic E-state index is 0.125. The first kappa shape index (κ1) is 14.9. The number of carbonyl (C=O) groups excluding carboxylic acids is 1. The Kier molecular flexibility index (Phi) is 4.86. The van der Waals surface area contributed by atoms with Gasteiger partial charge in [-0.1, -0.05) is 19.9 Å². The molecule has 0 saturated heterocycles. The molecule has 0 radical (unpaired) electrons. The van der Waals surface area contributed by atoms with Crippen LogP contribution < -0.4 is 5.32 Å². The van der Waals surface area contributed by atoms with Crippen molar-refractivity contribution in [2.45, 2.75) is 13.8 Å². The molecule has 0 fully saturated rings. The molecule has 104 valence electrons. The lowest BCUT2D eigenvalue weighted by Crippen LogP contribution is -2.35. The van der Waals surface area contributed by atoms with Gasteiger partial charge in [0.2, 0.25) is 0 Å². The third-order valence-corrected chi connectivity index (χ3v) is 2.82. The van der Waals surface area contributed by atoms with Crippen molar-refractivity contribution in [3.63, 3.8) is 0 Å². The fourth-order valence-electron chi connectivity index (χ4n) is 1.64. The van der Waals surface area contributed by atoms with E-state index in [0.29, 0.717) is 0 Å². The number of rotatable bonds is 5. The molecule has 1 amide bonds. The Morgan fingerprint density at radius 3 is 2.47 bits per heavy atom. The first-order valence-electron chi connectivity index (χ1n) is 5.83. The summed E-state index contributed by atoms with van der Waals surface area (Å²) in [5, 5.41) is 20.7. The fraction of sp³-hybridized carbons (Fsp3) is 0.385. The van der Waals surface area contributed by atoms with E-state index in [0.717, 1.165) is 6.07 Å². The highest BCUT2D eigenvalue weighted by molar-refractivity contribution is 5.97. The maximum Gasteiger partial charge on any atom is 0.308 e. The molecule has 1 atom stereocenters. The predicted octanol–water partition coefficient (Wildman–Crippen LogP) is 1.62. The van der Waals surface area contributed by atoms with Crippen LogP contribution in [0.4, 0.5) is 4.39 Å². The number of aliphatic carboxylic acids is 1. The number of hydrogen-bond acceptors (Lipinski definition) is 3. The van der Waals surface area contributed by atoms with E-state index in [1.54, 1.807) is 13.8 Å². The van der Waals surface area contributed by atoms with E-state index < -0.39 is 34.9 Å². The highest BCUT2D eigenvalue weighted by atomic mass is 19.1. The summed E-state index contributed by atoms with van der Waals surface area (Å²) in [5.74, 6) is -4.14. The Morgan fingerprint density at radius 1 is 1.37 bits per heavy atom. The van der Waals surface area contributed by atoms with Gasteiger partial charge >= 0.3 is 5.97 Å². The molecule has 0 spiro atoms. The summed E-state index contributed by atoms with van der Waals surface area (Å²) in [5.41, 5.74) is -0.476. The van der Waals surface area contributed by atoms with Crippen molar-refractivity contribution in [3.05, 3.63) is 29.6 Å². The Labute approximate surface area is 110 Å². The van der Waals surface area contributed by atoms with Crippen LogP contribution in [0.1, 0.15) is 24.2 Å². The van der Waals surface area contributed by atoms with Crippen LogP contribution in [0.3, 0.4) is 0 Å². The van der Waals surface area contributed by atoms with E-state index in [1.807, 2.05) is 0 Å². The van der Waals surface area contributed by atoms with E-state index in [1.165, 1.54) is 12.1 Å². The molecule has 1 aromatic rings. The van der Waals surface area contributed by atoms with Crippen molar-refractivity contribution in [2.24, 2.45) is 11.8 Å². The average Bonchev–Trinajstić information content (AvgIpc) is 2.27. The van der Waals surface area contributed by atoms with Gasteiger partial charge in [-0.2, -0.15) is 0 Å². The largest absolute Gasteiger partial charge is 0.507 e. The topological polar surface area (TPSA) is 86.6 Å². The number of hydrogen-bond donors (Lipinski definition) is 3. The number of carbonyl (C=O) groups is 2. The van der Waals surface area contributed by atoms with Crippen LogP contribution >= 0.6 is 0 Å². The van der Waals surface area contributed by atoms with Crippen molar-refractivity contribution < 1.29 is 24.2 Å². The third kappa shape index (κ3) is 3.67. The second-order valence-corrected chi connectivity index (χ2v) is 4.53. The molecule has 1 aromatic carbocycles. The van der Waals surface area contributed by atoms with Crippen LogP contribution in [0.15, 0.2) is 18.2 Å². The van der Waals surface area contributed by atoms with Crippen molar-refractivity contribution in [3.8, 4) is 5.75 Å². The van der Waals surface area contributed by atoms with Crippen LogP contribution in [-0.4, -0.2) is 28.6 Å². The zero-order chi connectivity index (χ0) is 14.6. The minimum Gasteiger partial charge on any atom is -0.507 e. The zero-order valence-electron chi connectivity index (χ0n) is 10.7. The van der Waals surface area contributed by atoms with Crippen molar-refractivity contribution in [1.82, 2.24) is 5.32 Å². The summed E-state index contributed by atoms with van der Waals surface area (Å²) < 4.78 is 13.4. The van der Waals surface area contributed by atoms with Crippen LogP contribution in [0, 0.1) is 17.7 Å². The maximum atomic E-state index is 13.4. The van der Waals surface area contributed by atoms with Gasteiger partial charge in [-0.25, -0.2) is 4.39 Å². The second-order valence-electron chi connectivity index (χ2n) is 4.53. The summed E-state index contributed by atoms with van der Waals surface area (Å²) in [6, 6.07) is 3.51. The number of benzene rings is 1. The molecular formula is C13H16FNO4. The zero-order valence-corrected chi connectivity index (χ0v) is 10.7. The quantitative estimate of drug-likeness (QED) is 0.758. The van der Waals surface area contributed by atoms with Gasteiger partial charge in [0, 0.05) is 6.54 Å². The first-order chi connectivity index (χ1) is 8.84. The minimum atomic E-state index is -1.03. The van der Waals surface area contributed by atoms with Gasteiger partial charge in [0.05, 0.1) is 5.92 Å². The van der Waals surface area contributed by atoms with Gasteiger partial charge in [0.25, 0.3) is 5.91 Å². The average molecular weight is 269 g/mol. The number of carboxylic acids is 1. The van der Waals surface area contributed by atoms with E-state index in [4.69, 9.17) is 5.11 Å². The summed E-state index contributed by atoms with van der Waals surface area (Å²) in [7, 11) is 0. The molecule has 6 heteroatoms. The van der Waals surface area contributed by atoms with E-state index >= 15 is 0 Å². The van der Waals surface area contributed by atoms with Gasteiger partial charge < -0.3 is 15.5 Å². The third-order valence-electron chi connectivity index (χ3n) is 2.82. The van der Waals surface area contributed by atoms with Crippen molar-refractivity contribution in [2.75, 3.05) is 6.54 Å². The molecule has 0 heterocycles. The Hall–Kier alpha value is -2.11. The summed E-state index contributed by atoms with van der Waals surface area (Å²) in [4.78, 5) is 22.7. The normalized spacial score (nSPS) is 12.2. The number of halogens is 1. The van der Waals surface area contributed by atoms with Gasteiger partial charge in [-0.05, 0) is 18.1 Å². The number of aromatic hydroxyl groups is 1. The molecule has 1 rings (SSSR count). The Morgan fingerprint density at radius 2 is 2.00 bits per heavy atom. The van der Waals surface area contributed by atoms with Crippen LogP contribution in [0.2, 0.25) is 0 Å².